The Kier molecular flexibility index (Phi) is 3.92. The summed E-state index contributed by atoms with van der Waals surface area (Å²) in [4.78, 5) is 24.6. The molecule has 5 nitrogen and oxygen atoms in total. The van der Waals surface area contributed by atoms with Gasteiger partial charge in [0.25, 0.3) is 0 Å². The lowest BCUT2D eigenvalue weighted by molar-refractivity contribution is 0.100. The van der Waals surface area contributed by atoms with E-state index in [0.29, 0.717) is 13.1 Å². The van der Waals surface area contributed by atoms with E-state index in [1.54, 1.807) is 9.13 Å². The van der Waals surface area contributed by atoms with E-state index in [1.807, 2.05) is 31.2 Å². The maximum absolute atomic E-state index is 12.4. The minimum Gasteiger partial charge on any atom is -0.378 e. The standard InChI is InChI=1S/C16H20N2O3/c1-2-17-13-7-3-4-8-14(13)18(16(20)15(17)19)10-9-12-6-5-11-21-12/h3-4,7-8,12H,2,5-6,9-11H2,1H3. The summed E-state index contributed by atoms with van der Waals surface area (Å²) in [6, 6.07) is 7.58. The number of rotatable bonds is 4. The molecule has 1 aliphatic heterocycles. The zero-order chi connectivity index (χ0) is 14.8. The largest absolute Gasteiger partial charge is 0.378 e. The Morgan fingerprint density at radius 3 is 2.43 bits per heavy atom. The van der Waals surface area contributed by atoms with Crippen LogP contribution in [-0.2, 0) is 17.8 Å². The van der Waals surface area contributed by atoms with Gasteiger partial charge in [0.1, 0.15) is 0 Å². The third kappa shape index (κ3) is 2.53. The maximum Gasteiger partial charge on any atom is 0.316 e. The fourth-order valence-electron chi connectivity index (χ4n) is 3.05. The normalized spacial score (nSPS) is 18.4. The van der Waals surface area contributed by atoms with E-state index >= 15 is 0 Å². The highest BCUT2D eigenvalue weighted by atomic mass is 16.5. The summed E-state index contributed by atoms with van der Waals surface area (Å²) in [5, 5.41) is 0. The number of hydrogen-bond acceptors (Lipinski definition) is 3. The quantitative estimate of drug-likeness (QED) is 0.805. The summed E-state index contributed by atoms with van der Waals surface area (Å²) < 4.78 is 8.75. The Balaban J connectivity index is 2.06. The van der Waals surface area contributed by atoms with Gasteiger partial charge in [0, 0.05) is 19.7 Å². The van der Waals surface area contributed by atoms with Gasteiger partial charge >= 0.3 is 11.1 Å². The van der Waals surface area contributed by atoms with Crippen LogP contribution in [0.1, 0.15) is 26.2 Å². The van der Waals surface area contributed by atoms with Crippen LogP contribution in [0, 0.1) is 0 Å². The molecule has 5 heteroatoms. The number of fused-ring (bicyclic) bond motifs is 1. The zero-order valence-corrected chi connectivity index (χ0v) is 12.2. The highest BCUT2D eigenvalue weighted by Gasteiger charge is 2.17. The molecule has 21 heavy (non-hydrogen) atoms. The number of aromatic nitrogens is 2. The number of benzene rings is 1. The van der Waals surface area contributed by atoms with Crippen molar-refractivity contribution in [3.8, 4) is 0 Å². The Bertz CT molecular complexity index is 754. The molecule has 0 N–H and O–H groups in total. The monoisotopic (exact) mass is 288 g/mol. The van der Waals surface area contributed by atoms with E-state index in [0.717, 1.165) is 36.9 Å². The summed E-state index contributed by atoms with van der Waals surface area (Å²) in [5.74, 6) is 0. The van der Waals surface area contributed by atoms with Crippen LogP contribution in [0.4, 0.5) is 0 Å². The summed E-state index contributed by atoms with van der Waals surface area (Å²) >= 11 is 0. The molecule has 2 heterocycles. The predicted molar refractivity (Wildman–Crippen MR) is 81.7 cm³/mol. The van der Waals surface area contributed by atoms with Crippen LogP contribution in [0.5, 0.6) is 0 Å². The van der Waals surface area contributed by atoms with Crippen LogP contribution in [-0.4, -0.2) is 21.8 Å². The van der Waals surface area contributed by atoms with E-state index < -0.39 is 11.1 Å². The summed E-state index contributed by atoms with van der Waals surface area (Å²) in [6.07, 6.45) is 3.11. The second-order valence-electron chi connectivity index (χ2n) is 5.42. The average molecular weight is 288 g/mol. The molecule has 1 aliphatic rings. The molecular formula is C16H20N2O3. The lowest BCUT2D eigenvalue weighted by Crippen LogP contribution is -2.41. The summed E-state index contributed by atoms with van der Waals surface area (Å²) in [5.41, 5.74) is 0.760. The molecule has 1 atom stereocenters. The fraction of sp³-hybridized carbons (Fsp3) is 0.500. The first-order chi connectivity index (χ1) is 10.2. The van der Waals surface area contributed by atoms with Crippen molar-refractivity contribution in [2.24, 2.45) is 0 Å². The lowest BCUT2D eigenvalue weighted by atomic mass is 10.2. The molecular weight excluding hydrogens is 268 g/mol. The topological polar surface area (TPSA) is 53.2 Å². The van der Waals surface area contributed by atoms with Crippen molar-refractivity contribution in [3.05, 3.63) is 45.0 Å². The first-order valence-electron chi connectivity index (χ1n) is 7.56. The molecule has 112 valence electrons. The van der Waals surface area contributed by atoms with Crippen molar-refractivity contribution >= 4 is 11.0 Å². The maximum atomic E-state index is 12.4. The predicted octanol–water partition coefficient (Wildman–Crippen LogP) is 1.75. The van der Waals surface area contributed by atoms with E-state index in [1.165, 1.54) is 0 Å². The Labute approximate surface area is 122 Å². The van der Waals surface area contributed by atoms with E-state index in [4.69, 9.17) is 4.74 Å². The molecule has 0 bridgehead atoms. The van der Waals surface area contributed by atoms with Gasteiger partial charge in [0.15, 0.2) is 0 Å². The van der Waals surface area contributed by atoms with Gasteiger partial charge in [-0.15, -0.1) is 0 Å². The Morgan fingerprint density at radius 2 is 1.81 bits per heavy atom. The molecule has 1 unspecified atom stereocenters. The molecule has 0 spiro atoms. The van der Waals surface area contributed by atoms with Gasteiger partial charge in [-0.1, -0.05) is 12.1 Å². The van der Waals surface area contributed by atoms with Crippen LogP contribution < -0.4 is 11.1 Å². The van der Waals surface area contributed by atoms with Crippen LogP contribution in [0.2, 0.25) is 0 Å². The summed E-state index contributed by atoms with van der Waals surface area (Å²) in [6.45, 7) is 3.71. The molecule has 0 amide bonds. The van der Waals surface area contributed by atoms with Crippen molar-refractivity contribution in [1.29, 1.82) is 0 Å². The Morgan fingerprint density at radius 1 is 1.14 bits per heavy atom. The summed E-state index contributed by atoms with van der Waals surface area (Å²) in [7, 11) is 0. The minimum atomic E-state index is -0.441. The zero-order valence-electron chi connectivity index (χ0n) is 12.2. The third-order valence-corrected chi connectivity index (χ3v) is 4.15. The van der Waals surface area contributed by atoms with E-state index in [-0.39, 0.29) is 6.10 Å². The molecule has 2 aromatic rings. The van der Waals surface area contributed by atoms with Crippen LogP contribution in [0.25, 0.3) is 11.0 Å². The minimum absolute atomic E-state index is 0.212. The molecule has 1 aromatic heterocycles. The molecule has 1 fully saturated rings. The fourth-order valence-corrected chi connectivity index (χ4v) is 3.05. The number of hydrogen-bond donors (Lipinski definition) is 0. The average Bonchev–Trinajstić information content (AvgIpc) is 3.01. The molecule has 3 rings (SSSR count). The van der Waals surface area contributed by atoms with Crippen molar-refractivity contribution < 1.29 is 4.74 Å². The SMILES string of the molecule is CCn1c(=O)c(=O)n(CCC2CCCO2)c2ccccc21. The van der Waals surface area contributed by atoms with Crippen molar-refractivity contribution in [1.82, 2.24) is 9.13 Å². The lowest BCUT2D eigenvalue weighted by Gasteiger charge is -2.15. The van der Waals surface area contributed by atoms with Crippen LogP contribution in [0.3, 0.4) is 0 Å². The van der Waals surface area contributed by atoms with Crippen molar-refractivity contribution in [2.45, 2.75) is 45.4 Å². The number of aryl methyl sites for hydroxylation is 2. The van der Waals surface area contributed by atoms with Gasteiger partial charge in [0.05, 0.1) is 17.1 Å². The highest BCUT2D eigenvalue weighted by Crippen LogP contribution is 2.17. The molecule has 0 saturated carbocycles. The highest BCUT2D eigenvalue weighted by molar-refractivity contribution is 5.75. The van der Waals surface area contributed by atoms with Gasteiger partial charge in [-0.25, -0.2) is 0 Å². The first kappa shape index (κ1) is 14.1. The smallest absolute Gasteiger partial charge is 0.316 e. The van der Waals surface area contributed by atoms with Gasteiger partial charge in [-0.2, -0.15) is 0 Å². The van der Waals surface area contributed by atoms with Crippen LogP contribution >= 0.6 is 0 Å². The number of ether oxygens (including phenoxy) is 1. The van der Waals surface area contributed by atoms with Gasteiger partial charge in [-0.3, -0.25) is 9.59 Å². The van der Waals surface area contributed by atoms with Gasteiger partial charge < -0.3 is 13.9 Å². The van der Waals surface area contributed by atoms with E-state index in [9.17, 15) is 9.59 Å². The second-order valence-corrected chi connectivity index (χ2v) is 5.42. The van der Waals surface area contributed by atoms with Gasteiger partial charge in [0.2, 0.25) is 0 Å². The van der Waals surface area contributed by atoms with Crippen molar-refractivity contribution in [2.75, 3.05) is 6.61 Å². The molecule has 0 radical (unpaired) electrons. The Hall–Kier alpha value is -1.88. The number of nitrogens with zero attached hydrogens (tertiary/aromatic N) is 2. The molecule has 0 aliphatic carbocycles. The molecule has 1 saturated heterocycles. The van der Waals surface area contributed by atoms with E-state index in [2.05, 4.69) is 0 Å². The second kappa shape index (κ2) is 5.85. The first-order valence-corrected chi connectivity index (χ1v) is 7.56. The number of para-hydroxylation sites is 2. The molecule has 1 aromatic carbocycles. The van der Waals surface area contributed by atoms with Gasteiger partial charge in [-0.05, 0) is 38.3 Å². The van der Waals surface area contributed by atoms with Crippen LogP contribution in [0.15, 0.2) is 33.9 Å². The third-order valence-electron chi connectivity index (χ3n) is 4.15. The van der Waals surface area contributed by atoms with Crippen molar-refractivity contribution in [3.63, 3.8) is 0 Å².